The maximum Gasteiger partial charge on any atom is 0.169 e. The molecule has 0 aliphatic rings. The fourth-order valence-corrected chi connectivity index (χ4v) is 1.69. The first-order valence-electron chi connectivity index (χ1n) is 6.04. The van der Waals surface area contributed by atoms with E-state index >= 15 is 0 Å². The lowest BCUT2D eigenvalue weighted by Crippen LogP contribution is -2.32. The average Bonchev–Trinajstić information content (AvgIpc) is 2.45. The van der Waals surface area contributed by atoms with Gasteiger partial charge in [-0.15, -0.1) is 0 Å². The minimum absolute atomic E-state index is 0.559. The molecule has 0 bridgehead atoms. The van der Waals surface area contributed by atoms with Gasteiger partial charge in [0, 0.05) is 12.1 Å². The highest BCUT2D eigenvalue weighted by Gasteiger charge is 1.98. The quantitative estimate of drug-likeness (QED) is 0.579. The normalized spacial score (nSPS) is 10.7. The van der Waals surface area contributed by atoms with Gasteiger partial charge in [0.2, 0.25) is 0 Å². The van der Waals surface area contributed by atoms with Gasteiger partial charge >= 0.3 is 0 Å². The third-order valence-electron chi connectivity index (χ3n) is 2.69. The van der Waals surface area contributed by atoms with Gasteiger partial charge in [-0.05, 0) is 11.1 Å². The van der Waals surface area contributed by atoms with Gasteiger partial charge in [0.05, 0.1) is 6.42 Å². The van der Waals surface area contributed by atoms with E-state index in [4.69, 9.17) is 0 Å². The number of carbonyl (C=O) groups excluding carboxylic acids is 1. The molecule has 0 atom stereocenters. The zero-order chi connectivity index (χ0) is 12.6. The molecule has 0 N–H and O–H groups in total. The standard InChI is InChI=1S/C16H16NO/c18-14-4-11-17-12-9-16(10-13-17)8-7-15-5-2-1-3-6-15/h1-3,5-10,12-14H,4,11H2/q+1/b8-7+. The lowest BCUT2D eigenvalue weighted by Gasteiger charge is -1.95. The van der Waals surface area contributed by atoms with Gasteiger partial charge in [0.1, 0.15) is 6.29 Å². The van der Waals surface area contributed by atoms with Gasteiger partial charge in [0.15, 0.2) is 18.9 Å². The largest absolute Gasteiger partial charge is 0.303 e. The van der Waals surface area contributed by atoms with Crippen molar-refractivity contribution in [3.63, 3.8) is 0 Å². The van der Waals surface area contributed by atoms with Crippen LogP contribution in [0.5, 0.6) is 0 Å². The molecule has 0 unspecified atom stereocenters. The lowest BCUT2D eigenvalue weighted by atomic mass is 10.1. The average molecular weight is 238 g/mol. The van der Waals surface area contributed by atoms with Gasteiger partial charge < -0.3 is 4.79 Å². The van der Waals surface area contributed by atoms with Crippen molar-refractivity contribution in [1.29, 1.82) is 0 Å². The molecule has 1 aromatic heterocycles. The molecular weight excluding hydrogens is 222 g/mol. The summed E-state index contributed by atoms with van der Waals surface area (Å²) in [7, 11) is 0. The van der Waals surface area contributed by atoms with E-state index in [-0.39, 0.29) is 0 Å². The number of aldehydes is 1. The van der Waals surface area contributed by atoms with Crippen LogP contribution in [-0.2, 0) is 11.3 Å². The van der Waals surface area contributed by atoms with Crippen molar-refractivity contribution >= 4 is 18.4 Å². The van der Waals surface area contributed by atoms with Gasteiger partial charge in [-0.2, -0.15) is 0 Å². The van der Waals surface area contributed by atoms with Crippen LogP contribution in [0, 0.1) is 0 Å². The second-order valence-electron chi connectivity index (χ2n) is 4.07. The monoisotopic (exact) mass is 238 g/mol. The molecule has 0 radical (unpaired) electrons. The van der Waals surface area contributed by atoms with E-state index in [1.54, 1.807) is 0 Å². The Hall–Kier alpha value is -2.22. The number of nitrogens with zero attached hydrogens (tertiary/aromatic N) is 1. The van der Waals surface area contributed by atoms with E-state index in [9.17, 15) is 4.79 Å². The fourth-order valence-electron chi connectivity index (χ4n) is 1.69. The van der Waals surface area contributed by atoms with E-state index in [1.165, 1.54) is 5.56 Å². The highest BCUT2D eigenvalue weighted by Crippen LogP contribution is 2.06. The number of carbonyl (C=O) groups is 1. The molecule has 2 rings (SSSR count). The smallest absolute Gasteiger partial charge is 0.169 e. The van der Waals surface area contributed by atoms with Crippen molar-refractivity contribution in [1.82, 2.24) is 0 Å². The molecule has 0 fully saturated rings. The van der Waals surface area contributed by atoms with Gasteiger partial charge in [-0.1, -0.05) is 42.5 Å². The van der Waals surface area contributed by atoms with Crippen LogP contribution >= 0.6 is 0 Å². The van der Waals surface area contributed by atoms with Crippen LogP contribution in [-0.4, -0.2) is 6.29 Å². The molecule has 0 aliphatic carbocycles. The van der Waals surface area contributed by atoms with E-state index in [2.05, 4.69) is 24.3 Å². The highest BCUT2D eigenvalue weighted by molar-refractivity contribution is 5.69. The molecule has 0 saturated heterocycles. The summed E-state index contributed by atoms with van der Waals surface area (Å²) in [5.41, 5.74) is 2.34. The molecule has 2 nitrogen and oxygen atoms in total. The summed E-state index contributed by atoms with van der Waals surface area (Å²) < 4.78 is 2.01. The molecule has 90 valence electrons. The Bertz CT molecular complexity index is 515. The van der Waals surface area contributed by atoms with E-state index in [1.807, 2.05) is 47.3 Å². The minimum atomic E-state index is 0.559. The van der Waals surface area contributed by atoms with Crippen LogP contribution in [0.1, 0.15) is 17.5 Å². The van der Waals surface area contributed by atoms with Gasteiger partial charge in [-0.3, -0.25) is 0 Å². The molecule has 0 saturated carbocycles. The summed E-state index contributed by atoms with van der Waals surface area (Å²) in [4.78, 5) is 10.3. The molecule has 2 heteroatoms. The zero-order valence-corrected chi connectivity index (χ0v) is 10.2. The Morgan fingerprint density at radius 1 is 0.889 bits per heavy atom. The van der Waals surface area contributed by atoms with E-state index in [0.29, 0.717) is 6.42 Å². The molecule has 1 heterocycles. The van der Waals surface area contributed by atoms with Gasteiger partial charge in [0.25, 0.3) is 0 Å². The molecule has 0 aliphatic heterocycles. The second kappa shape index (κ2) is 6.50. The molecule has 0 amide bonds. The van der Waals surface area contributed by atoms with Crippen molar-refractivity contribution in [2.45, 2.75) is 13.0 Å². The predicted molar refractivity (Wildman–Crippen MR) is 72.7 cm³/mol. The topological polar surface area (TPSA) is 20.9 Å². The SMILES string of the molecule is O=CCC[n+]1ccc(/C=C/c2ccccc2)cc1. The molecule has 18 heavy (non-hydrogen) atoms. The summed E-state index contributed by atoms with van der Waals surface area (Å²) >= 11 is 0. The molecular formula is C16H16NO+. The third-order valence-corrected chi connectivity index (χ3v) is 2.69. The van der Waals surface area contributed by atoms with Crippen LogP contribution in [0.3, 0.4) is 0 Å². The Morgan fingerprint density at radius 3 is 2.11 bits per heavy atom. The number of aromatic nitrogens is 1. The van der Waals surface area contributed by atoms with Crippen molar-refractivity contribution in [2.75, 3.05) is 0 Å². The van der Waals surface area contributed by atoms with Crippen molar-refractivity contribution < 1.29 is 9.36 Å². The Morgan fingerprint density at radius 2 is 1.50 bits per heavy atom. The maximum absolute atomic E-state index is 10.3. The number of pyridine rings is 1. The van der Waals surface area contributed by atoms with Crippen LogP contribution in [0.25, 0.3) is 12.2 Å². The van der Waals surface area contributed by atoms with Crippen molar-refractivity contribution in [2.24, 2.45) is 0 Å². The number of hydrogen-bond acceptors (Lipinski definition) is 1. The van der Waals surface area contributed by atoms with Crippen molar-refractivity contribution in [3.05, 3.63) is 66.0 Å². The Labute approximate surface area is 107 Å². The number of benzene rings is 1. The third kappa shape index (κ3) is 3.67. The van der Waals surface area contributed by atoms with Crippen LogP contribution in [0.15, 0.2) is 54.9 Å². The molecule has 2 aromatic rings. The van der Waals surface area contributed by atoms with E-state index < -0.39 is 0 Å². The molecule has 0 spiro atoms. The molecule has 1 aromatic carbocycles. The summed E-state index contributed by atoms with van der Waals surface area (Å²) in [6.07, 6.45) is 9.66. The summed E-state index contributed by atoms with van der Waals surface area (Å²) in [6.45, 7) is 0.742. The first-order valence-corrected chi connectivity index (χ1v) is 6.04. The Kier molecular flexibility index (Phi) is 4.42. The second-order valence-corrected chi connectivity index (χ2v) is 4.07. The number of aryl methyl sites for hydroxylation is 1. The van der Waals surface area contributed by atoms with Gasteiger partial charge in [-0.25, -0.2) is 4.57 Å². The maximum atomic E-state index is 10.3. The lowest BCUT2D eigenvalue weighted by molar-refractivity contribution is -0.695. The summed E-state index contributed by atoms with van der Waals surface area (Å²) in [6, 6.07) is 14.3. The van der Waals surface area contributed by atoms with E-state index in [0.717, 1.165) is 18.4 Å². The predicted octanol–water partition coefficient (Wildman–Crippen LogP) is 2.73. The first-order chi connectivity index (χ1) is 8.88. The summed E-state index contributed by atoms with van der Waals surface area (Å²) in [5, 5.41) is 0. The number of hydrogen-bond donors (Lipinski definition) is 0. The fraction of sp³-hybridized carbons (Fsp3) is 0.125. The zero-order valence-electron chi connectivity index (χ0n) is 10.2. The Balaban J connectivity index is 2.02. The van der Waals surface area contributed by atoms with Crippen LogP contribution in [0.2, 0.25) is 0 Å². The number of rotatable bonds is 5. The first kappa shape index (κ1) is 12.2. The summed E-state index contributed by atoms with van der Waals surface area (Å²) in [5.74, 6) is 0. The van der Waals surface area contributed by atoms with Crippen molar-refractivity contribution in [3.8, 4) is 0 Å². The van der Waals surface area contributed by atoms with Crippen LogP contribution in [0.4, 0.5) is 0 Å². The van der Waals surface area contributed by atoms with Crippen LogP contribution < -0.4 is 4.57 Å². The highest BCUT2D eigenvalue weighted by atomic mass is 16.1. The minimum Gasteiger partial charge on any atom is -0.303 e.